The second-order valence-corrected chi connectivity index (χ2v) is 9.03. The molecule has 0 amide bonds. The van der Waals surface area contributed by atoms with Crippen molar-refractivity contribution in [2.24, 2.45) is 0 Å². The largest absolute Gasteiger partial charge is 0.508 e. The molecule has 0 unspecified atom stereocenters. The predicted octanol–water partition coefficient (Wildman–Crippen LogP) is 4.47. The highest BCUT2D eigenvalue weighted by atomic mass is 32.3. The van der Waals surface area contributed by atoms with Crippen molar-refractivity contribution in [3.05, 3.63) is 114 Å². The van der Waals surface area contributed by atoms with Gasteiger partial charge < -0.3 is 9.29 Å². The number of imidazole rings is 1. The molecule has 0 bridgehead atoms. The molecule has 0 saturated heterocycles. The zero-order valence-corrected chi connectivity index (χ0v) is 19.3. The minimum Gasteiger partial charge on any atom is -0.508 e. The molecule has 3 aromatic carbocycles. The molecule has 0 saturated carbocycles. The summed E-state index contributed by atoms with van der Waals surface area (Å²) in [6.07, 6.45) is 2.33. The molecule has 2 heterocycles. The van der Waals surface area contributed by atoms with Crippen LogP contribution in [0, 0.1) is 0 Å². The third-order valence-corrected chi connectivity index (χ3v) is 5.84. The highest BCUT2D eigenvalue weighted by Gasteiger charge is 2.23. The maximum atomic E-state index is 11.8. The van der Waals surface area contributed by atoms with Gasteiger partial charge in [0.15, 0.2) is 5.65 Å². The minimum atomic E-state index is -4.82. The molecule has 0 atom stereocenters. The van der Waals surface area contributed by atoms with E-state index in [4.69, 9.17) is 14.2 Å². The topological polar surface area (TPSA) is 114 Å². The van der Waals surface area contributed by atoms with E-state index in [-0.39, 0.29) is 18.1 Å². The normalized spacial score (nSPS) is 11.6. The van der Waals surface area contributed by atoms with Crippen LogP contribution in [0.2, 0.25) is 0 Å². The maximum Gasteiger partial charge on any atom is 0.448 e. The lowest BCUT2D eigenvalue weighted by atomic mass is 10.1. The van der Waals surface area contributed by atoms with E-state index in [9.17, 15) is 18.1 Å². The Labute approximate surface area is 202 Å². The van der Waals surface area contributed by atoms with Gasteiger partial charge in [-0.15, -0.1) is 0 Å². The summed E-state index contributed by atoms with van der Waals surface area (Å²) in [5.41, 5.74) is 4.47. The van der Waals surface area contributed by atoms with Gasteiger partial charge in [0.1, 0.15) is 11.4 Å². The Morgan fingerprint density at radius 2 is 1.34 bits per heavy atom. The Morgan fingerprint density at radius 1 is 0.771 bits per heavy atom. The van der Waals surface area contributed by atoms with Gasteiger partial charge in [0.05, 0.1) is 11.4 Å². The van der Waals surface area contributed by atoms with Crippen LogP contribution in [0.3, 0.4) is 0 Å². The molecule has 8 nitrogen and oxygen atoms in total. The number of phenols is 1. The third kappa shape index (κ3) is 5.16. The van der Waals surface area contributed by atoms with E-state index in [0.717, 1.165) is 11.1 Å². The Balaban J connectivity index is 1.73. The van der Waals surface area contributed by atoms with Gasteiger partial charge in [-0.3, -0.25) is 8.95 Å². The smallest absolute Gasteiger partial charge is 0.448 e. The predicted molar refractivity (Wildman–Crippen MR) is 131 cm³/mol. The highest BCUT2D eigenvalue weighted by molar-refractivity contribution is 7.81. The molecule has 0 aliphatic heterocycles. The zero-order valence-electron chi connectivity index (χ0n) is 18.4. The lowest BCUT2D eigenvalue weighted by Gasteiger charge is -2.10. The van der Waals surface area contributed by atoms with Crippen LogP contribution in [-0.2, 0) is 23.2 Å². The van der Waals surface area contributed by atoms with Crippen molar-refractivity contribution < 1.29 is 22.3 Å². The Bertz CT molecular complexity index is 1580. The molecule has 0 radical (unpaired) electrons. The van der Waals surface area contributed by atoms with Gasteiger partial charge in [-0.05, 0) is 35.4 Å². The fraction of sp³-hybridized carbons (Fsp3) is 0.0769. The Hall–Kier alpha value is -4.21. The standard InChI is InChI=1S/C26H21N3O5S/c30-21-13-11-20(12-14-21)24-17-29-25(22(27-24)15-18-7-3-1-4-8-18)28-23(26(29)34-35(31,32)33)16-19-9-5-2-6-10-19/h1-14,17,30H,15-16H2,(H,31,32,33). The van der Waals surface area contributed by atoms with E-state index in [0.29, 0.717) is 34.7 Å². The summed E-state index contributed by atoms with van der Waals surface area (Å²) in [6.45, 7) is 0. The quantitative estimate of drug-likeness (QED) is 0.326. The molecular formula is C26H21N3O5S. The molecule has 0 aliphatic rings. The molecular weight excluding hydrogens is 466 g/mol. The van der Waals surface area contributed by atoms with Crippen molar-refractivity contribution >= 4 is 16.0 Å². The Kier molecular flexibility index (Phi) is 5.94. The van der Waals surface area contributed by atoms with Crippen molar-refractivity contribution in [3.8, 4) is 22.9 Å². The lowest BCUT2D eigenvalue weighted by molar-refractivity contribution is 0.378. The number of benzene rings is 3. The van der Waals surface area contributed by atoms with Gasteiger partial charge >= 0.3 is 10.4 Å². The van der Waals surface area contributed by atoms with E-state index in [1.807, 2.05) is 60.7 Å². The van der Waals surface area contributed by atoms with Gasteiger partial charge in [0.25, 0.3) is 0 Å². The number of aromatic hydroxyl groups is 1. The van der Waals surface area contributed by atoms with Crippen LogP contribution in [0.15, 0.2) is 91.1 Å². The fourth-order valence-corrected chi connectivity index (χ4v) is 4.28. The molecule has 35 heavy (non-hydrogen) atoms. The van der Waals surface area contributed by atoms with Crippen molar-refractivity contribution in [1.29, 1.82) is 0 Å². The maximum absolute atomic E-state index is 11.8. The van der Waals surface area contributed by atoms with Crippen molar-refractivity contribution in [1.82, 2.24) is 14.4 Å². The molecule has 9 heteroatoms. The second-order valence-electron chi connectivity index (χ2n) is 8.01. The number of fused-ring (bicyclic) bond motifs is 1. The first kappa shape index (κ1) is 22.6. The molecule has 5 rings (SSSR count). The number of rotatable bonds is 7. The second kappa shape index (κ2) is 9.21. The van der Waals surface area contributed by atoms with E-state index in [1.54, 1.807) is 30.5 Å². The van der Waals surface area contributed by atoms with E-state index >= 15 is 0 Å². The summed E-state index contributed by atoms with van der Waals surface area (Å²) in [5, 5.41) is 9.69. The SMILES string of the molecule is O=S(=O)(O)Oc1c(Cc2ccccc2)nc2c(Cc3ccccc3)nc(-c3ccc(O)cc3)cn12. The summed E-state index contributed by atoms with van der Waals surface area (Å²) >= 11 is 0. The van der Waals surface area contributed by atoms with Gasteiger partial charge in [0, 0.05) is 24.6 Å². The highest BCUT2D eigenvalue weighted by Crippen LogP contribution is 2.30. The van der Waals surface area contributed by atoms with Crippen LogP contribution in [-0.4, -0.2) is 32.4 Å². The Morgan fingerprint density at radius 3 is 1.91 bits per heavy atom. The van der Waals surface area contributed by atoms with E-state index in [2.05, 4.69) is 0 Å². The van der Waals surface area contributed by atoms with E-state index in [1.165, 1.54) is 4.40 Å². The molecule has 2 aromatic heterocycles. The van der Waals surface area contributed by atoms with Crippen molar-refractivity contribution in [3.63, 3.8) is 0 Å². The fourth-order valence-electron chi connectivity index (χ4n) is 3.91. The zero-order chi connectivity index (χ0) is 24.4. The first-order chi connectivity index (χ1) is 16.9. The molecule has 5 aromatic rings. The summed E-state index contributed by atoms with van der Waals surface area (Å²) < 4.78 is 39.6. The molecule has 0 spiro atoms. The van der Waals surface area contributed by atoms with Crippen LogP contribution < -0.4 is 4.18 Å². The van der Waals surface area contributed by atoms with E-state index < -0.39 is 10.4 Å². The van der Waals surface area contributed by atoms with Gasteiger partial charge in [0.2, 0.25) is 5.88 Å². The number of hydrogen-bond donors (Lipinski definition) is 2. The summed E-state index contributed by atoms with van der Waals surface area (Å²) in [5.74, 6) is 0.00519. The average molecular weight is 488 g/mol. The first-order valence-corrected chi connectivity index (χ1v) is 12.2. The summed E-state index contributed by atoms with van der Waals surface area (Å²) in [4.78, 5) is 9.52. The van der Waals surface area contributed by atoms with Crippen LogP contribution in [0.4, 0.5) is 0 Å². The average Bonchev–Trinajstić information content (AvgIpc) is 3.16. The molecule has 2 N–H and O–H groups in total. The first-order valence-electron chi connectivity index (χ1n) is 10.8. The number of nitrogens with zero attached hydrogens (tertiary/aromatic N) is 3. The van der Waals surface area contributed by atoms with Gasteiger partial charge in [-0.25, -0.2) is 9.97 Å². The van der Waals surface area contributed by atoms with Crippen molar-refractivity contribution in [2.45, 2.75) is 12.8 Å². The minimum absolute atomic E-state index is 0.108. The number of hydrogen-bond acceptors (Lipinski definition) is 6. The summed E-state index contributed by atoms with van der Waals surface area (Å²) in [7, 11) is -4.82. The third-order valence-electron chi connectivity index (χ3n) is 5.48. The van der Waals surface area contributed by atoms with Crippen LogP contribution in [0.5, 0.6) is 11.6 Å². The van der Waals surface area contributed by atoms with Gasteiger partial charge in [-0.1, -0.05) is 60.7 Å². The molecule has 176 valence electrons. The molecule has 0 aliphatic carbocycles. The summed E-state index contributed by atoms with van der Waals surface area (Å²) in [6, 6.07) is 25.6. The number of phenolic OH excluding ortho intramolecular Hbond substituents is 1. The van der Waals surface area contributed by atoms with Crippen LogP contribution >= 0.6 is 0 Å². The van der Waals surface area contributed by atoms with Crippen molar-refractivity contribution in [2.75, 3.05) is 0 Å². The lowest BCUT2D eigenvalue weighted by Crippen LogP contribution is -2.10. The monoisotopic (exact) mass is 487 g/mol. The van der Waals surface area contributed by atoms with Crippen LogP contribution in [0.1, 0.15) is 22.5 Å². The molecule has 0 fully saturated rings. The van der Waals surface area contributed by atoms with Crippen LogP contribution in [0.25, 0.3) is 16.9 Å². The number of aromatic nitrogens is 3. The van der Waals surface area contributed by atoms with Gasteiger partial charge in [-0.2, -0.15) is 8.42 Å².